The summed E-state index contributed by atoms with van der Waals surface area (Å²) in [5, 5.41) is 0. The van der Waals surface area contributed by atoms with Gasteiger partial charge in [-0.1, -0.05) is 0 Å². The third kappa shape index (κ3) is 50.6. The Bertz CT molecular complexity index is 314. The van der Waals surface area contributed by atoms with Gasteiger partial charge in [-0.25, -0.2) is 0 Å². The number of carbonyl (C=O) groups is 6. The number of carbonyl (C=O) groups excluding carboxylic acids is 6. The Morgan fingerprint density at radius 2 is 0.500 bits per heavy atom. The third-order valence-electron chi connectivity index (χ3n) is 1.49. The Morgan fingerprint density at radius 1 is 0.409 bits per heavy atom. The topological polar surface area (TPSA) is 102 Å². The molecule has 0 N–H and O–H groups in total. The van der Waals surface area contributed by atoms with E-state index in [-0.39, 0.29) is 94.4 Å². The van der Waals surface area contributed by atoms with Crippen molar-refractivity contribution in [2.45, 2.75) is 60.8 Å². The minimum atomic E-state index is -0.0625. The first kappa shape index (κ1) is 29.4. The SMILES string of the molecule is CC(=O)CC(C)=O.CC(=O)CC(C)=O.CC(=O)CC(C)=O.[Sm]. The van der Waals surface area contributed by atoms with Crippen molar-refractivity contribution in [3.8, 4) is 0 Å². The van der Waals surface area contributed by atoms with E-state index in [9.17, 15) is 28.8 Å². The summed E-state index contributed by atoms with van der Waals surface area (Å²) in [5.74, 6) is -0.375. The smallest absolute Gasteiger partial charge is 0.137 e. The molecule has 0 aliphatic heterocycles. The van der Waals surface area contributed by atoms with Crippen LogP contribution in [-0.4, -0.2) is 34.7 Å². The fourth-order valence-electron chi connectivity index (χ4n) is 1.05. The molecule has 126 valence electrons. The van der Waals surface area contributed by atoms with Crippen molar-refractivity contribution in [1.29, 1.82) is 0 Å². The van der Waals surface area contributed by atoms with E-state index >= 15 is 0 Å². The maximum Gasteiger partial charge on any atom is 0.137 e. The zero-order valence-corrected chi connectivity index (χ0v) is 16.6. The van der Waals surface area contributed by atoms with E-state index < -0.39 is 0 Å². The molecule has 0 bridgehead atoms. The summed E-state index contributed by atoms with van der Waals surface area (Å²) in [4.78, 5) is 60.2. The van der Waals surface area contributed by atoms with E-state index in [1.807, 2.05) is 0 Å². The molecule has 0 aliphatic rings. The van der Waals surface area contributed by atoms with E-state index in [1.54, 1.807) is 0 Å². The number of hydrogen-bond donors (Lipinski definition) is 0. The average Bonchev–Trinajstić information content (AvgIpc) is 2.10. The van der Waals surface area contributed by atoms with Crippen molar-refractivity contribution in [2.24, 2.45) is 0 Å². The predicted molar refractivity (Wildman–Crippen MR) is 77.9 cm³/mol. The minimum Gasteiger partial charge on any atom is -0.300 e. The summed E-state index contributed by atoms with van der Waals surface area (Å²) in [6.45, 7) is 8.42. The van der Waals surface area contributed by atoms with Crippen molar-refractivity contribution >= 4 is 34.7 Å². The van der Waals surface area contributed by atoms with Gasteiger partial charge in [-0.2, -0.15) is 0 Å². The normalized spacial score (nSPS) is 7.91. The molecule has 0 amide bonds. The molecule has 6 nitrogen and oxygen atoms in total. The van der Waals surface area contributed by atoms with Gasteiger partial charge in [0, 0.05) is 40.4 Å². The molecule has 0 spiro atoms. The van der Waals surface area contributed by atoms with E-state index in [2.05, 4.69) is 0 Å². The predicted octanol–water partition coefficient (Wildman–Crippen LogP) is 1.66. The summed E-state index contributed by atoms with van der Waals surface area (Å²) < 4.78 is 0. The van der Waals surface area contributed by atoms with Crippen molar-refractivity contribution in [2.75, 3.05) is 0 Å². The molecule has 0 fully saturated rings. The molecule has 0 atom stereocenters. The molecule has 0 saturated heterocycles. The van der Waals surface area contributed by atoms with Gasteiger partial charge in [0.15, 0.2) is 0 Å². The van der Waals surface area contributed by atoms with Crippen LogP contribution in [0.5, 0.6) is 0 Å². The van der Waals surface area contributed by atoms with Crippen molar-refractivity contribution in [1.82, 2.24) is 0 Å². The summed E-state index contributed by atoms with van der Waals surface area (Å²) in [7, 11) is 0. The van der Waals surface area contributed by atoms with Crippen LogP contribution < -0.4 is 0 Å². The van der Waals surface area contributed by atoms with Gasteiger partial charge in [0.05, 0.1) is 19.3 Å². The number of ketones is 6. The van der Waals surface area contributed by atoms with E-state index in [0.29, 0.717) is 0 Å². The number of hydrogen-bond acceptors (Lipinski definition) is 6. The Kier molecular flexibility index (Phi) is 24.6. The van der Waals surface area contributed by atoms with Crippen molar-refractivity contribution in [3.05, 3.63) is 0 Å². The number of Topliss-reactive ketones (excluding diaryl/α,β-unsaturated/α-hetero) is 6. The van der Waals surface area contributed by atoms with Crippen LogP contribution in [0.4, 0.5) is 0 Å². The van der Waals surface area contributed by atoms with Gasteiger partial charge in [0.1, 0.15) is 34.7 Å². The van der Waals surface area contributed by atoms with Gasteiger partial charge in [0.2, 0.25) is 0 Å². The van der Waals surface area contributed by atoms with Gasteiger partial charge in [-0.05, 0) is 41.5 Å². The molecule has 22 heavy (non-hydrogen) atoms. The van der Waals surface area contributed by atoms with Crippen LogP contribution in [0.3, 0.4) is 0 Å². The Hall–Kier alpha value is -0.642. The Morgan fingerprint density at radius 3 is 0.500 bits per heavy atom. The van der Waals surface area contributed by atoms with Crippen LogP contribution in [-0.2, 0) is 28.8 Å². The van der Waals surface area contributed by atoms with Crippen LogP contribution in [0.25, 0.3) is 0 Å². The molecule has 0 heterocycles. The second kappa shape index (κ2) is 18.4. The molecular formula is C15H24O6Sm. The van der Waals surface area contributed by atoms with E-state index in [0.717, 1.165) is 0 Å². The van der Waals surface area contributed by atoms with Crippen LogP contribution in [0.15, 0.2) is 0 Å². The molecule has 0 aromatic rings. The first-order chi connectivity index (χ1) is 9.38. The summed E-state index contributed by atoms with van der Waals surface area (Å²) in [6, 6.07) is 0. The fourth-order valence-corrected chi connectivity index (χ4v) is 1.05. The molecule has 7 heteroatoms. The minimum absolute atomic E-state index is 0. The Balaban J connectivity index is -0.000000108. The molecule has 0 rings (SSSR count). The maximum absolute atomic E-state index is 10.0. The molecule has 0 aromatic carbocycles. The number of rotatable bonds is 6. The first-order valence-corrected chi connectivity index (χ1v) is 6.35. The average molecular weight is 451 g/mol. The van der Waals surface area contributed by atoms with Crippen LogP contribution >= 0.6 is 0 Å². The van der Waals surface area contributed by atoms with Gasteiger partial charge in [0.25, 0.3) is 0 Å². The molecule has 0 aliphatic carbocycles. The van der Waals surface area contributed by atoms with Crippen LogP contribution in [0.2, 0.25) is 0 Å². The summed E-state index contributed by atoms with van der Waals surface area (Å²) in [6.07, 6.45) is 0.250. The zero-order chi connectivity index (χ0) is 17.6. The van der Waals surface area contributed by atoms with Crippen LogP contribution in [0, 0.1) is 40.4 Å². The summed E-state index contributed by atoms with van der Waals surface area (Å²) in [5.41, 5.74) is 0. The fraction of sp³-hybridized carbons (Fsp3) is 0.600. The zero-order valence-electron chi connectivity index (χ0n) is 14.0. The second-order valence-electron chi connectivity index (χ2n) is 4.74. The third-order valence-corrected chi connectivity index (χ3v) is 1.49. The quantitative estimate of drug-likeness (QED) is 0.570. The van der Waals surface area contributed by atoms with Gasteiger partial charge < -0.3 is 0 Å². The Labute approximate surface area is 163 Å². The second-order valence-corrected chi connectivity index (χ2v) is 4.74. The molecule has 0 aromatic heterocycles. The van der Waals surface area contributed by atoms with Gasteiger partial charge in [-0.3, -0.25) is 28.8 Å². The molecular weight excluding hydrogens is 427 g/mol. The summed E-state index contributed by atoms with van der Waals surface area (Å²) >= 11 is 0. The molecule has 0 unspecified atom stereocenters. The molecule has 0 saturated carbocycles. The monoisotopic (exact) mass is 452 g/mol. The van der Waals surface area contributed by atoms with Crippen molar-refractivity contribution < 1.29 is 69.2 Å². The molecule has 0 radical (unpaired) electrons. The van der Waals surface area contributed by atoms with E-state index in [4.69, 9.17) is 0 Å². The maximum atomic E-state index is 10.0. The first-order valence-electron chi connectivity index (χ1n) is 6.35. The van der Waals surface area contributed by atoms with Crippen molar-refractivity contribution in [3.63, 3.8) is 0 Å². The van der Waals surface area contributed by atoms with Gasteiger partial charge in [-0.15, -0.1) is 0 Å². The van der Waals surface area contributed by atoms with E-state index in [1.165, 1.54) is 41.5 Å². The van der Waals surface area contributed by atoms with Gasteiger partial charge >= 0.3 is 0 Å². The largest absolute Gasteiger partial charge is 0.300 e. The standard InChI is InChI=1S/3C5H8O2.Sm/c3*1-4(6)3-5(2)7;/h3*3H2,1-2H3;. The van der Waals surface area contributed by atoms with Crippen LogP contribution in [0.1, 0.15) is 60.8 Å².